The highest BCUT2D eigenvalue weighted by molar-refractivity contribution is 5.90. The van der Waals surface area contributed by atoms with Crippen LogP contribution in [0.15, 0.2) is 35.3 Å². The molecule has 1 atom stereocenters. The number of hydrogen-bond acceptors (Lipinski definition) is 3. The summed E-state index contributed by atoms with van der Waals surface area (Å²) in [6.45, 7) is 9.02. The fourth-order valence-electron chi connectivity index (χ4n) is 2.46. The smallest absolute Gasteiger partial charge is 0.121 e. The molecule has 2 rings (SSSR count). The monoisotopic (exact) mass is 293 g/mol. The normalized spacial score (nSPS) is 16.2. The predicted octanol–water partition coefficient (Wildman–Crippen LogP) is 3.02. The Morgan fingerprint density at radius 2 is 2.15 bits per heavy atom. The Morgan fingerprint density at radius 1 is 1.40 bits per heavy atom. The maximum absolute atomic E-state index is 6.44. The Hall–Kier alpha value is -1.32. The molecule has 0 saturated heterocycles. The molecule has 0 aliphatic carbocycles. The molecule has 0 fully saturated rings. The molecule has 0 bridgehead atoms. The second-order valence-electron chi connectivity index (χ2n) is 5.02. The van der Waals surface area contributed by atoms with Gasteiger partial charge in [-0.25, -0.2) is 0 Å². The van der Waals surface area contributed by atoms with Crippen molar-refractivity contribution in [3.05, 3.63) is 47.0 Å². The van der Waals surface area contributed by atoms with Crippen molar-refractivity contribution in [3.63, 3.8) is 0 Å². The highest BCUT2D eigenvalue weighted by Gasteiger charge is 2.24. The van der Waals surface area contributed by atoms with Gasteiger partial charge in [0.25, 0.3) is 0 Å². The van der Waals surface area contributed by atoms with Gasteiger partial charge in [-0.15, -0.1) is 12.4 Å². The molecule has 110 valence electrons. The first-order chi connectivity index (χ1) is 9.15. The van der Waals surface area contributed by atoms with Crippen LogP contribution >= 0.6 is 12.4 Å². The van der Waals surface area contributed by atoms with Gasteiger partial charge in [-0.2, -0.15) is 0 Å². The Bertz CT molecular complexity index is 508. The zero-order valence-electron chi connectivity index (χ0n) is 12.5. The number of halogens is 1. The first-order valence-corrected chi connectivity index (χ1v) is 6.87. The SMILES string of the molecule is CC=CCN1CCN=C1C(N)c1cccc(C)c1C.Cl. The quantitative estimate of drug-likeness (QED) is 0.867. The van der Waals surface area contributed by atoms with Crippen LogP contribution in [0.5, 0.6) is 0 Å². The number of amidine groups is 1. The van der Waals surface area contributed by atoms with E-state index in [0.717, 1.165) is 25.5 Å². The summed E-state index contributed by atoms with van der Waals surface area (Å²) in [7, 11) is 0. The summed E-state index contributed by atoms with van der Waals surface area (Å²) >= 11 is 0. The molecule has 0 saturated carbocycles. The van der Waals surface area contributed by atoms with Crippen LogP contribution in [-0.2, 0) is 0 Å². The molecule has 0 radical (unpaired) electrons. The molecule has 1 unspecified atom stereocenters. The van der Waals surface area contributed by atoms with Gasteiger partial charge in [0.15, 0.2) is 0 Å². The van der Waals surface area contributed by atoms with Gasteiger partial charge < -0.3 is 10.6 Å². The van der Waals surface area contributed by atoms with E-state index in [1.807, 2.05) is 6.92 Å². The summed E-state index contributed by atoms with van der Waals surface area (Å²) < 4.78 is 0. The maximum Gasteiger partial charge on any atom is 0.121 e. The molecule has 1 aromatic rings. The minimum absolute atomic E-state index is 0. The van der Waals surface area contributed by atoms with Crippen LogP contribution in [0.2, 0.25) is 0 Å². The Balaban J connectivity index is 0.00000200. The zero-order chi connectivity index (χ0) is 13.8. The third-order valence-corrected chi connectivity index (χ3v) is 3.79. The van der Waals surface area contributed by atoms with Crippen LogP contribution in [0.25, 0.3) is 0 Å². The van der Waals surface area contributed by atoms with Gasteiger partial charge in [0.1, 0.15) is 5.84 Å². The lowest BCUT2D eigenvalue weighted by atomic mass is 9.97. The topological polar surface area (TPSA) is 41.6 Å². The van der Waals surface area contributed by atoms with E-state index in [4.69, 9.17) is 5.73 Å². The Kier molecular flexibility index (Phi) is 6.24. The van der Waals surface area contributed by atoms with Crippen molar-refractivity contribution in [2.24, 2.45) is 10.7 Å². The van der Waals surface area contributed by atoms with E-state index in [1.54, 1.807) is 0 Å². The van der Waals surface area contributed by atoms with E-state index in [9.17, 15) is 0 Å². The maximum atomic E-state index is 6.44. The molecular formula is C16H24ClN3. The molecule has 0 aromatic heterocycles. The van der Waals surface area contributed by atoms with Crippen LogP contribution in [0.3, 0.4) is 0 Å². The minimum atomic E-state index is -0.118. The highest BCUT2D eigenvalue weighted by Crippen LogP contribution is 2.22. The Morgan fingerprint density at radius 3 is 2.85 bits per heavy atom. The van der Waals surface area contributed by atoms with E-state index in [0.29, 0.717) is 0 Å². The van der Waals surface area contributed by atoms with Crippen LogP contribution in [0, 0.1) is 13.8 Å². The summed E-state index contributed by atoms with van der Waals surface area (Å²) in [4.78, 5) is 6.87. The number of aliphatic imine (C=N–C) groups is 1. The molecule has 0 spiro atoms. The first kappa shape index (κ1) is 16.7. The van der Waals surface area contributed by atoms with Gasteiger partial charge in [-0.1, -0.05) is 30.4 Å². The number of allylic oxidation sites excluding steroid dienone is 1. The van der Waals surface area contributed by atoms with Crippen molar-refractivity contribution in [1.82, 2.24) is 4.90 Å². The van der Waals surface area contributed by atoms with Crippen LogP contribution in [0.4, 0.5) is 0 Å². The number of hydrogen-bond donors (Lipinski definition) is 1. The van der Waals surface area contributed by atoms with Crippen molar-refractivity contribution < 1.29 is 0 Å². The highest BCUT2D eigenvalue weighted by atomic mass is 35.5. The first-order valence-electron chi connectivity index (χ1n) is 6.87. The van der Waals surface area contributed by atoms with Crippen LogP contribution < -0.4 is 5.73 Å². The van der Waals surface area contributed by atoms with Gasteiger partial charge >= 0.3 is 0 Å². The average Bonchev–Trinajstić information content (AvgIpc) is 2.87. The second kappa shape index (κ2) is 7.46. The Labute approximate surface area is 128 Å². The molecule has 0 amide bonds. The van der Waals surface area contributed by atoms with Crippen molar-refractivity contribution >= 4 is 18.2 Å². The van der Waals surface area contributed by atoms with Crippen molar-refractivity contribution in [2.45, 2.75) is 26.8 Å². The van der Waals surface area contributed by atoms with Crippen molar-refractivity contribution in [2.75, 3.05) is 19.6 Å². The molecule has 1 heterocycles. The number of benzene rings is 1. The summed E-state index contributed by atoms with van der Waals surface area (Å²) in [5.41, 5.74) is 10.2. The lowest BCUT2D eigenvalue weighted by Crippen LogP contribution is -2.36. The minimum Gasteiger partial charge on any atom is -0.353 e. The van der Waals surface area contributed by atoms with E-state index in [2.05, 4.69) is 54.1 Å². The lowest BCUT2D eigenvalue weighted by Gasteiger charge is -2.24. The zero-order valence-corrected chi connectivity index (χ0v) is 13.3. The van der Waals surface area contributed by atoms with Gasteiger partial charge in [0.2, 0.25) is 0 Å². The summed E-state index contributed by atoms with van der Waals surface area (Å²) in [5.74, 6) is 1.02. The molecule has 1 aromatic carbocycles. The lowest BCUT2D eigenvalue weighted by molar-refractivity contribution is 0.490. The van der Waals surface area contributed by atoms with Gasteiger partial charge in [0.05, 0.1) is 12.6 Å². The van der Waals surface area contributed by atoms with E-state index < -0.39 is 0 Å². The molecule has 3 nitrogen and oxygen atoms in total. The van der Waals surface area contributed by atoms with Crippen LogP contribution in [0.1, 0.15) is 29.7 Å². The number of nitrogens with two attached hydrogens (primary N) is 1. The standard InChI is InChI=1S/C16H23N3.ClH/c1-4-5-10-19-11-9-18-16(19)15(17)14-8-6-7-12(2)13(14)3;/h4-8,15H,9-11,17H2,1-3H3;1H. The predicted molar refractivity (Wildman–Crippen MR) is 88.8 cm³/mol. The molecular weight excluding hydrogens is 270 g/mol. The summed E-state index contributed by atoms with van der Waals surface area (Å²) in [5, 5.41) is 0. The largest absolute Gasteiger partial charge is 0.353 e. The molecule has 1 aliphatic heterocycles. The number of rotatable bonds is 4. The van der Waals surface area contributed by atoms with E-state index >= 15 is 0 Å². The second-order valence-corrected chi connectivity index (χ2v) is 5.02. The fourth-order valence-corrected chi connectivity index (χ4v) is 2.46. The fraction of sp³-hybridized carbons (Fsp3) is 0.438. The number of nitrogens with zero attached hydrogens (tertiary/aromatic N) is 2. The van der Waals surface area contributed by atoms with Gasteiger partial charge in [0, 0.05) is 13.1 Å². The van der Waals surface area contributed by atoms with Crippen molar-refractivity contribution in [3.8, 4) is 0 Å². The molecule has 20 heavy (non-hydrogen) atoms. The molecule has 1 aliphatic rings. The number of aryl methyl sites for hydroxylation is 1. The summed E-state index contributed by atoms with van der Waals surface area (Å²) in [6.07, 6.45) is 4.22. The van der Waals surface area contributed by atoms with Crippen molar-refractivity contribution in [1.29, 1.82) is 0 Å². The average molecular weight is 294 g/mol. The van der Waals surface area contributed by atoms with E-state index in [1.165, 1.54) is 16.7 Å². The van der Waals surface area contributed by atoms with Crippen LogP contribution in [-0.4, -0.2) is 30.4 Å². The summed E-state index contributed by atoms with van der Waals surface area (Å²) in [6, 6.07) is 6.19. The van der Waals surface area contributed by atoms with Gasteiger partial charge in [-0.05, 0) is 37.5 Å². The molecule has 2 N–H and O–H groups in total. The molecule has 4 heteroatoms. The third-order valence-electron chi connectivity index (χ3n) is 3.79. The van der Waals surface area contributed by atoms with Gasteiger partial charge in [-0.3, -0.25) is 4.99 Å². The van der Waals surface area contributed by atoms with E-state index in [-0.39, 0.29) is 18.4 Å². The third kappa shape index (κ3) is 3.41.